The second-order valence-corrected chi connectivity index (χ2v) is 10.1. The van der Waals surface area contributed by atoms with Crippen LogP contribution < -0.4 is 20.9 Å². The lowest BCUT2D eigenvalue weighted by atomic mass is 10.1. The van der Waals surface area contributed by atoms with Crippen LogP contribution in [-0.4, -0.2) is 16.8 Å². The summed E-state index contributed by atoms with van der Waals surface area (Å²) in [5.74, 6) is 0. The number of hydrogen-bond donors (Lipinski definition) is 4. The first-order valence-electron chi connectivity index (χ1n) is 8.94. The number of rotatable bonds is 8. The Hall–Kier alpha value is -2.92. The topological polar surface area (TPSA) is 144 Å². The van der Waals surface area contributed by atoms with Crippen LogP contribution in [0.15, 0.2) is 82.6 Å². The van der Waals surface area contributed by atoms with E-state index in [1.54, 1.807) is 24.3 Å². The maximum atomic E-state index is 12.4. The molecule has 0 aromatic heterocycles. The second-order valence-electron chi connectivity index (χ2n) is 6.61. The summed E-state index contributed by atoms with van der Waals surface area (Å²) in [6.45, 7) is 0.122. The summed E-state index contributed by atoms with van der Waals surface area (Å²) in [4.78, 5) is 0.230. The summed E-state index contributed by atoms with van der Waals surface area (Å²) in [7, 11) is -7.38. The van der Waals surface area contributed by atoms with Gasteiger partial charge in [-0.05, 0) is 59.7 Å². The standard InChI is InChI=1S/C20H22N4O4S2/c21-17-4-8-19(9-5-17)29(25,26)23-13-15-2-1-3-16(12-15)14-24-30(27,28)20-10-6-18(22)7-11-20/h1-12,23-24H,13-14,21-22H2. The maximum absolute atomic E-state index is 12.4. The van der Waals surface area contributed by atoms with E-state index in [9.17, 15) is 16.8 Å². The SMILES string of the molecule is Nc1ccc(S(=O)(=O)NCc2cccc(CNS(=O)(=O)c3ccc(N)cc3)c2)cc1. The minimum Gasteiger partial charge on any atom is -0.399 e. The molecule has 0 aliphatic carbocycles. The number of benzene rings is 3. The zero-order chi connectivity index (χ0) is 21.8. The van der Waals surface area contributed by atoms with Gasteiger partial charge in [-0.25, -0.2) is 26.3 Å². The first-order valence-corrected chi connectivity index (χ1v) is 11.9. The number of sulfonamides is 2. The van der Waals surface area contributed by atoms with Crippen molar-refractivity contribution in [2.75, 3.05) is 11.5 Å². The van der Waals surface area contributed by atoms with E-state index in [0.29, 0.717) is 22.5 Å². The molecule has 3 rings (SSSR count). The van der Waals surface area contributed by atoms with Crippen LogP contribution in [0, 0.1) is 0 Å². The van der Waals surface area contributed by atoms with Gasteiger partial charge in [0.25, 0.3) is 0 Å². The van der Waals surface area contributed by atoms with Crippen molar-refractivity contribution in [3.8, 4) is 0 Å². The summed E-state index contributed by atoms with van der Waals surface area (Å²) in [5, 5.41) is 0. The summed E-state index contributed by atoms with van der Waals surface area (Å²) >= 11 is 0. The summed E-state index contributed by atoms with van der Waals surface area (Å²) in [6, 6.07) is 18.8. The van der Waals surface area contributed by atoms with Gasteiger partial charge in [-0.1, -0.05) is 24.3 Å². The molecular formula is C20H22N4O4S2. The first-order chi connectivity index (χ1) is 14.2. The third-order valence-electron chi connectivity index (χ3n) is 4.30. The van der Waals surface area contributed by atoms with Gasteiger partial charge in [0.2, 0.25) is 20.0 Å². The highest BCUT2D eigenvalue weighted by Gasteiger charge is 2.15. The van der Waals surface area contributed by atoms with Crippen LogP contribution in [0.5, 0.6) is 0 Å². The lowest BCUT2D eigenvalue weighted by Crippen LogP contribution is -2.24. The van der Waals surface area contributed by atoms with Crippen LogP contribution in [0.3, 0.4) is 0 Å². The molecule has 0 fully saturated rings. The van der Waals surface area contributed by atoms with Gasteiger partial charge in [-0.3, -0.25) is 0 Å². The Labute approximate surface area is 176 Å². The van der Waals surface area contributed by atoms with Crippen LogP contribution in [0.1, 0.15) is 11.1 Å². The molecule has 0 aliphatic rings. The van der Waals surface area contributed by atoms with Crippen molar-refractivity contribution in [2.24, 2.45) is 0 Å². The zero-order valence-corrected chi connectivity index (χ0v) is 17.6. The molecule has 0 saturated carbocycles. The Bertz CT molecular complexity index is 1130. The van der Waals surface area contributed by atoms with Crippen molar-refractivity contribution in [3.63, 3.8) is 0 Å². The fraction of sp³-hybridized carbons (Fsp3) is 0.100. The Morgan fingerprint density at radius 2 is 0.967 bits per heavy atom. The van der Waals surface area contributed by atoms with Crippen LogP contribution in [0.25, 0.3) is 0 Å². The molecular weight excluding hydrogens is 424 g/mol. The molecule has 3 aromatic rings. The number of hydrogen-bond acceptors (Lipinski definition) is 6. The second kappa shape index (κ2) is 8.84. The average molecular weight is 447 g/mol. The van der Waals surface area contributed by atoms with Crippen molar-refractivity contribution < 1.29 is 16.8 Å². The molecule has 0 spiro atoms. The van der Waals surface area contributed by atoms with Crippen molar-refractivity contribution in [2.45, 2.75) is 22.9 Å². The molecule has 0 saturated heterocycles. The molecule has 158 valence electrons. The number of nitrogens with one attached hydrogen (secondary N) is 2. The Morgan fingerprint density at radius 3 is 1.33 bits per heavy atom. The molecule has 0 unspecified atom stereocenters. The highest BCUT2D eigenvalue weighted by molar-refractivity contribution is 7.89. The molecule has 0 atom stereocenters. The Kier molecular flexibility index (Phi) is 6.42. The lowest BCUT2D eigenvalue weighted by molar-refractivity contribution is 0.580. The van der Waals surface area contributed by atoms with Gasteiger partial charge < -0.3 is 11.5 Å². The van der Waals surface area contributed by atoms with Crippen molar-refractivity contribution in [1.29, 1.82) is 0 Å². The smallest absolute Gasteiger partial charge is 0.240 e. The van der Waals surface area contributed by atoms with Crippen LogP contribution in [0.2, 0.25) is 0 Å². The van der Waals surface area contributed by atoms with E-state index in [1.807, 2.05) is 0 Å². The van der Waals surface area contributed by atoms with Gasteiger partial charge in [0.1, 0.15) is 0 Å². The number of nitrogens with two attached hydrogens (primary N) is 2. The summed E-state index contributed by atoms with van der Waals surface area (Å²) in [5.41, 5.74) is 13.5. The van der Waals surface area contributed by atoms with Gasteiger partial charge in [0, 0.05) is 24.5 Å². The quantitative estimate of drug-likeness (QED) is 0.388. The van der Waals surface area contributed by atoms with E-state index < -0.39 is 20.0 Å². The summed E-state index contributed by atoms with van der Waals surface area (Å²) in [6.07, 6.45) is 0. The van der Waals surface area contributed by atoms with Gasteiger partial charge in [0.15, 0.2) is 0 Å². The van der Waals surface area contributed by atoms with E-state index in [2.05, 4.69) is 9.44 Å². The predicted molar refractivity (Wildman–Crippen MR) is 116 cm³/mol. The number of nitrogen functional groups attached to an aromatic ring is 2. The van der Waals surface area contributed by atoms with E-state index in [0.717, 1.165) is 0 Å². The van der Waals surface area contributed by atoms with E-state index in [-0.39, 0.29) is 22.9 Å². The molecule has 0 amide bonds. The molecule has 10 heteroatoms. The van der Waals surface area contributed by atoms with Crippen LogP contribution >= 0.6 is 0 Å². The highest BCUT2D eigenvalue weighted by Crippen LogP contribution is 2.14. The van der Waals surface area contributed by atoms with E-state index in [1.165, 1.54) is 48.5 Å². The van der Waals surface area contributed by atoms with Gasteiger partial charge >= 0.3 is 0 Å². The monoisotopic (exact) mass is 446 g/mol. The van der Waals surface area contributed by atoms with Crippen molar-refractivity contribution >= 4 is 31.4 Å². The molecule has 0 radical (unpaired) electrons. The molecule has 0 aliphatic heterocycles. The van der Waals surface area contributed by atoms with Crippen LogP contribution in [-0.2, 0) is 33.1 Å². The van der Waals surface area contributed by atoms with E-state index in [4.69, 9.17) is 11.5 Å². The van der Waals surface area contributed by atoms with Crippen LogP contribution in [0.4, 0.5) is 11.4 Å². The maximum Gasteiger partial charge on any atom is 0.240 e. The Morgan fingerprint density at radius 1 is 0.600 bits per heavy atom. The molecule has 0 bridgehead atoms. The minimum absolute atomic E-state index is 0.0608. The molecule has 3 aromatic carbocycles. The molecule has 8 nitrogen and oxygen atoms in total. The predicted octanol–water partition coefficient (Wildman–Crippen LogP) is 1.81. The molecule has 0 heterocycles. The largest absolute Gasteiger partial charge is 0.399 e. The lowest BCUT2D eigenvalue weighted by Gasteiger charge is -2.10. The van der Waals surface area contributed by atoms with Crippen molar-refractivity contribution in [1.82, 2.24) is 9.44 Å². The normalized spacial score (nSPS) is 12.0. The third kappa shape index (κ3) is 5.57. The molecule has 30 heavy (non-hydrogen) atoms. The van der Waals surface area contributed by atoms with Gasteiger partial charge in [0.05, 0.1) is 9.79 Å². The summed E-state index contributed by atoms with van der Waals surface area (Å²) < 4.78 is 54.6. The van der Waals surface area contributed by atoms with Gasteiger partial charge in [-0.15, -0.1) is 0 Å². The Balaban J connectivity index is 1.64. The zero-order valence-electron chi connectivity index (χ0n) is 15.9. The fourth-order valence-electron chi connectivity index (χ4n) is 2.67. The van der Waals surface area contributed by atoms with Crippen molar-refractivity contribution in [3.05, 3.63) is 83.9 Å². The fourth-order valence-corrected chi connectivity index (χ4v) is 4.70. The minimum atomic E-state index is -3.69. The first kappa shape index (κ1) is 21.8. The number of anilines is 2. The molecule has 6 N–H and O–H groups in total. The van der Waals surface area contributed by atoms with Gasteiger partial charge in [-0.2, -0.15) is 0 Å². The highest BCUT2D eigenvalue weighted by atomic mass is 32.2. The van der Waals surface area contributed by atoms with E-state index >= 15 is 0 Å². The third-order valence-corrected chi connectivity index (χ3v) is 7.14. The average Bonchev–Trinajstić information content (AvgIpc) is 2.72.